The van der Waals surface area contributed by atoms with Crippen LogP contribution in [0.4, 0.5) is 10.1 Å². The molecule has 0 spiro atoms. The molecule has 0 saturated heterocycles. The highest BCUT2D eigenvalue weighted by Crippen LogP contribution is 2.38. The topological polar surface area (TPSA) is 56.0 Å². The normalized spacial score (nSPS) is 16.7. The van der Waals surface area contributed by atoms with Crippen LogP contribution in [-0.4, -0.2) is 21.0 Å². The lowest BCUT2D eigenvalue weighted by atomic mass is 10.1. The summed E-state index contributed by atoms with van der Waals surface area (Å²) in [5.41, 5.74) is 0.533. The fraction of sp³-hybridized carbons (Fsp3) is 0.333. The molecule has 8 heteroatoms. The van der Waals surface area contributed by atoms with Crippen LogP contribution in [0.3, 0.4) is 0 Å². The van der Waals surface area contributed by atoms with Crippen LogP contribution in [0, 0.1) is 5.82 Å². The number of rotatable bonds is 1. The first-order chi connectivity index (χ1) is 11.1. The molecule has 2 aromatic rings. The number of nitrogens with zero attached hydrogens (tertiary/aromatic N) is 2. The number of hydrogen-bond acceptors (Lipinski definition) is 3. The fourth-order valence-electron chi connectivity index (χ4n) is 3.05. The molecule has 0 radical (unpaired) electrons. The maximum Gasteiger partial charge on any atom is 0.276 e. The largest absolute Gasteiger partial charge is 0.324 e. The van der Waals surface area contributed by atoms with E-state index < -0.39 is 5.82 Å². The number of hydrogen-bond donors (Lipinski definition) is 1. The predicted molar refractivity (Wildman–Crippen MR) is 87.7 cm³/mol. The molecule has 2 aliphatic heterocycles. The number of nitrogens with one attached hydrogen (secondary N) is 1. The zero-order valence-corrected chi connectivity index (χ0v) is 13.6. The van der Waals surface area contributed by atoms with Crippen LogP contribution in [-0.2, 0) is 17.9 Å². The Morgan fingerprint density at radius 2 is 1.91 bits per heavy atom. The third kappa shape index (κ3) is 2.30. The van der Waals surface area contributed by atoms with Crippen LogP contribution < -0.4 is 10.9 Å². The molecule has 2 aliphatic rings. The van der Waals surface area contributed by atoms with Crippen LogP contribution in [0.15, 0.2) is 21.8 Å². The second kappa shape index (κ2) is 5.42. The monoisotopic (exact) mass is 353 g/mol. The standard InChI is InChI=1S/C15H13ClFN3O2S/c16-14-13(15(22)20-4-2-1-3-19(14)20)8-5-10-11(6-9(8)17)23-7-12(21)18-10/h5-6H,1-4,7H2,(H,18,21). The van der Waals surface area contributed by atoms with Gasteiger partial charge in [-0.1, -0.05) is 11.6 Å². The summed E-state index contributed by atoms with van der Waals surface area (Å²) in [6.07, 6.45) is 1.84. The predicted octanol–water partition coefficient (Wildman–Crippen LogP) is 2.95. The Bertz CT molecular complexity index is 890. The van der Waals surface area contributed by atoms with Gasteiger partial charge in [-0.05, 0) is 25.0 Å². The lowest BCUT2D eigenvalue weighted by Crippen LogP contribution is -2.27. The van der Waals surface area contributed by atoms with Gasteiger partial charge in [-0.25, -0.2) is 9.07 Å². The minimum atomic E-state index is -0.505. The van der Waals surface area contributed by atoms with Gasteiger partial charge in [0.25, 0.3) is 5.56 Å². The van der Waals surface area contributed by atoms with Crippen LogP contribution in [0.1, 0.15) is 12.8 Å². The molecule has 5 nitrogen and oxygen atoms in total. The first-order valence-electron chi connectivity index (χ1n) is 7.32. The third-order valence-corrected chi connectivity index (χ3v) is 5.57. The van der Waals surface area contributed by atoms with Crippen LogP contribution in [0.5, 0.6) is 0 Å². The van der Waals surface area contributed by atoms with Gasteiger partial charge >= 0.3 is 0 Å². The molecule has 0 unspecified atom stereocenters. The van der Waals surface area contributed by atoms with E-state index in [1.54, 1.807) is 9.36 Å². The maximum atomic E-state index is 14.5. The van der Waals surface area contributed by atoms with Gasteiger partial charge in [-0.15, -0.1) is 11.8 Å². The van der Waals surface area contributed by atoms with Crippen molar-refractivity contribution >= 4 is 35.0 Å². The van der Waals surface area contributed by atoms with Gasteiger partial charge in [0, 0.05) is 23.5 Å². The van der Waals surface area contributed by atoms with E-state index in [0.717, 1.165) is 12.8 Å². The summed E-state index contributed by atoms with van der Waals surface area (Å²) in [6, 6.07) is 2.86. The molecule has 4 rings (SSSR count). The first-order valence-corrected chi connectivity index (χ1v) is 8.68. The lowest BCUT2D eigenvalue weighted by molar-refractivity contribution is -0.113. The zero-order chi connectivity index (χ0) is 16.1. The minimum Gasteiger partial charge on any atom is -0.324 e. The average Bonchev–Trinajstić information content (AvgIpc) is 2.79. The molecule has 0 bridgehead atoms. The van der Waals surface area contributed by atoms with Crippen molar-refractivity contribution in [1.82, 2.24) is 9.36 Å². The van der Waals surface area contributed by atoms with Gasteiger partial charge in [0.05, 0.1) is 17.0 Å². The Morgan fingerprint density at radius 3 is 2.65 bits per heavy atom. The van der Waals surface area contributed by atoms with E-state index in [1.807, 2.05) is 0 Å². The number of carbonyl (C=O) groups is 1. The van der Waals surface area contributed by atoms with Gasteiger partial charge in [0.15, 0.2) is 0 Å². The van der Waals surface area contributed by atoms with Gasteiger partial charge in [-0.3, -0.25) is 14.3 Å². The zero-order valence-electron chi connectivity index (χ0n) is 12.1. The van der Waals surface area contributed by atoms with Gasteiger partial charge in [-0.2, -0.15) is 0 Å². The molecule has 0 aliphatic carbocycles. The molecule has 1 aromatic heterocycles. The van der Waals surface area contributed by atoms with E-state index >= 15 is 0 Å². The van der Waals surface area contributed by atoms with E-state index in [0.29, 0.717) is 23.7 Å². The molecule has 0 saturated carbocycles. The number of anilines is 1. The highest BCUT2D eigenvalue weighted by atomic mass is 35.5. The summed E-state index contributed by atoms with van der Waals surface area (Å²) >= 11 is 7.63. The first kappa shape index (κ1) is 14.8. The van der Waals surface area contributed by atoms with Crippen LogP contribution in [0.2, 0.25) is 5.15 Å². The number of halogens is 2. The summed E-state index contributed by atoms with van der Waals surface area (Å²) in [6.45, 7) is 1.23. The molecular weight excluding hydrogens is 341 g/mol. The van der Waals surface area contributed by atoms with Crippen molar-refractivity contribution in [1.29, 1.82) is 0 Å². The van der Waals surface area contributed by atoms with Crippen molar-refractivity contribution in [3.05, 3.63) is 33.5 Å². The quantitative estimate of drug-likeness (QED) is 0.857. The van der Waals surface area contributed by atoms with Gasteiger partial charge in [0.2, 0.25) is 5.91 Å². The molecular formula is C15H13ClFN3O2S. The number of carbonyl (C=O) groups excluding carboxylic acids is 1. The van der Waals surface area contributed by atoms with Crippen molar-refractivity contribution in [2.24, 2.45) is 0 Å². The SMILES string of the molecule is O=C1CSc2cc(F)c(-c3c(Cl)n4n(c3=O)CCCC4)cc2N1. The van der Waals surface area contributed by atoms with Crippen LogP contribution >= 0.6 is 23.4 Å². The third-order valence-electron chi connectivity index (χ3n) is 4.13. The van der Waals surface area contributed by atoms with Gasteiger partial charge < -0.3 is 5.32 Å². The number of aromatic nitrogens is 2. The summed E-state index contributed by atoms with van der Waals surface area (Å²) in [4.78, 5) is 24.8. The van der Waals surface area contributed by atoms with E-state index in [-0.39, 0.29) is 33.5 Å². The Labute approximate surface area is 140 Å². The summed E-state index contributed by atoms with van der Waals surface area (Å²) in [5, 5.41) is 2.97. The summed E-state index contributed by atoms with van der Waals surface area (Å²) in [7, 11) is 0. The second-order valence-corrected chi connectivity index (χ2v) is 6.96. The Balaban J connectivity index is 1.92. The summed E-state index contributed by atoms with van der Waals surface area (Å²) in [5.74, 6) is -0.385. The van der Waals surface area contributed by atoms with Crippen molar-refractivity contribution in [2.45, 2.75) is 30.8 Å². The Kier molecular flexibility index (Phi) is 3.50. The average molecular weight is 354 g/mol. The van der Waals surface area contributed by atoms with E-state index in [1.165, 1.54) is 23.9 Å². The van der Waals surface area contributed by atoms with Gasteiger partial charge in [0.1, 0.15) is 11.0 Å². The molecule has 120 valence electrons. The molecule has 1 aromatic carbocycles. The van der Waals surface area contributed by atoms with Crippen molar-refractivity contribution in [3.63, 3.8) is 0 Å². The highest BCUT2D eigenvalue weighted by Gasteiger charge is 2.26. The summed E-state index contributed by atoms with van der Waals surface area (Å²) < 4.78 is 17.8. The van der Waals surface area contributed by atoms with Crippen molar-refractivity contribution < 1.29 is 9.18 Å². The molecule has 0 fully saturated rings. The molecule has 0 atom stereocenters. The maximum absolute atomic E-state index is 14.5. The van der Waals surface area contributed by atoms with E-state index in [4.69, 9.17) is 11.6 Å². The second-order valence-electron chi connectivity index (χ2n) is 5.59. The van der Waals surface area contributed by atoms with Crippen molar-refractivity contribution in [2.75, 3.05) is 11.1 Å². The Morgan fingerprint density at radius 1 is 1.17 bits per heavy atom. The number of amides is 1. The van der Waals surface area contributed by atoms with E-state index in [2.05, 4.69) is 5.32 Å². The van der Waals surface area contributed by atoms with E-state index in [9.17, 15) is 14.0 Å². The highest BCUT2D eigenvalue weighted by molar-refractivity contribution is 8.00. The fourth-order valence-corrected chi connectivity index (χ4v) is 4.22. The number of benzene rings is 1. The Hall–Kier alpha value is -1.73. The molecule has 1 amide bonds. The number of thioether (sulfide) groups is 1. The molecule has 1 N–H and O–H groups in total. The molecule has 23 heavy (non-hydrogen) atoms. The minimum absolute atomic E-state index is 0.135. The number of fused-ring (bicyclic) bond motifs is 2. The van der Waals surface area contributed by atoms with Crippen LogP contribution in [0.25, 0.3) is 11.1 Å². The van der Waals surface area contributed by atoms with Crippen molar-refractivity contribution in [3.8, 4) is 11.1 Å². The smallest absolute Gasteiger partial charge is 0.276 e. The molecule has 3 heterocycles. The lowest BCUT2D eigenvalue weighted by Gasteiger charge is -2.17.